The standard InChI is InChI=1S/C34H36Cl6O8/c1-17(3-5-19-7-8-19)11-13-45-31(41)25-27(39)21(35)15-23(37)29(25)47-33(43)34(44)48-30-24(38)16-22(36)28(40)26(30)32(42)46-14-12-18(2)4-6-20-9-10-20/h15-20H,3-14H2,1-2H3. The molecule has 2 aromatic rings. The molecule has 0 aliphatic heterocycles. The molecule has 0 saturated heterocycles. The normalized spacial score (nSPS) is 15.4. The molecule has 48 heavy (non-hydrogen) atoms. The van der Waals surface area contributed by atoms with Crippen molar-refractivity contribution in [3.63, 3.8) is 0 Å². The number of benzene rings is 2. The van der Waals surface area contributed by atoms with Crippen molar-refractivity contribution >= 4 is 93.5 Å². The number of esters is 4. The fourth-order valence-corrected chi connectivity index (χ4v) is 6.42. The second-order valence-corrected chi connectivity index (χ2v) is 15.0. The molecule has 2 atom stereocenters. The van der Waals surface area contributed by atoms with E-state index in [0.29, 0.717) is 24.7 Å². The first kappa shape index (κ1) is 38.9. The first-order valence-corrected chi connectivity index (χ1v) is 18.2. The van der Waals surface area contributed by atoms with E-state index >= 15 is 0 Å². The highest BCUT2D eigenvalue weighted by Gasteiger charge is 2.32. The zero-order valence-electron chi connectivity index (χ0n) is 26.5. The monoisotopic (exact) mass is 782 g/mol. The van der Waals surface area contributed by atoms with Crippen molar-refractivity contribution in [1.29, 1.82) is 0 Å². The Hall–Kier alpha value is -1.94. The third-order valence-electron chi connectivity index (χ3n) is 8.43. The lowest BCUT2D eigenvalue weighted by molar-refractivity contribution is -0.156. The second kappa shape index (κ2) is 17.8. The summed E-state index contributed by atoms with van der Waals surface area (Å²) < 4.78 is 21.2. The average Bonchev–Trinajstić information content (AvgIpc) is 3.96. The predicted octanol–water partition coefficient (Wildman–Crippen LogP) is 10.9. The smallest absolute Gasteiger partial charge is 0.423 e. The lowest BCUT2D eigenvalue weighted by atomic mass is 10.0. The summed E-state index contributed by atoms with van der Waals surface area (Å²) in [6, 6.07) is 2.26. The summed E-state index contributed by atoms with van der Waals surface area (Å²) in [5.74, 6) is -4.12. The molecule has 8 nitrogen and oxygen atoms in total. The molecule has 262 valence electrons. The maximum absolute atomic E-state index is 13.1. The summed E-state index contributed by atoms with van der Waals surface area (Å²) in [5, 5.41) is -1.45. The largest absolute Gasteiger partial charge is 0.462 e. The molecule has 0 radical (unpaired) electrons. The first-order chi connectivity index (χ1) is 22.8. The van der Waals surface area contributed by atoms with Gasteiger partial charge in [-0.2, -0.15) is 0 Å². The zero-order chi connectivity index (χ0) is 35.1. The Bertz CT molecular complexity index is 1420. The molecule has 0 aromatic heterocycles. The van der Waals surface area contributed by atoms with Crippen LogP contribution in [0.15, 0.2) is 12.1 Å². The van der Waals surface area contributed by atoms with E-state index in [-0.39, 0.29) is 43.3 Å². The van der Waals surface area contributed by atoms with Crippen molar-refractivity contribution in [3.8, 4) is 11.5 Å². The molecule has 0 amide bonds. The van der Waals surface area contributed by atoms with E-state index in [9.17, 15) is 19.2 Å². The van der Waals surface area contributed by atoms with Crippen LogP contribution in [-0.2, 0) is 19.1 Å². The second-order valence-electron chi connectivity index (χ2n) is 12.6. The van der Waals surface area contributed by atoms with Gasteiger partial charge < -0.3 is 18.9 Å². The van der Waals surface area contributed by atoms with Gasteiger partial charge in [-0.15, -0.1) is 0 Å². The van der Waals surface area contributed by atoms with Crippen molar-refractivity contribution < 1.29 is 38.1 Å². The number of carbonyl (C=O) groups excluding carboxylic acids is 4. The molecule has 0 spiro atoms. The number of halogens is 6. The summed E-state index contributed by atoms with van der Waals surface area (Å²) in [7, 11) is 0. The van der Waals surface area contributed by atoms with Gasteiger partial charge >= 0.3 is 23.9 Å². The molecule has 0 N–H and O–H groups in total. The molecule has 0 heterocycles. The van der Waals surface area contributed by atoms with Crippen LogP contribution in [0, 0.1) is 23.7 Å². The van der Waals surface area contributed by atoms with Crippen LogP contribution in [0.4, 0.5) is 0 Å². The van der Waals surface area contributed by atoms with Gasteiger partial charge in [-0.25, -0.2) is 19.2 Å². The van der Waals surface area contributed by atoms with Crippen molar-refractivity contribution in [1.82, 2.24) is 0 Å². The highest BCUT2D eigenvalue weighted by atomic mass is 35.5. The lowest BCUT2D eigenvalue weighted by Crippen LogP contribution is -2.27. The lowest BCUT2D eigenvalue weighted by Gasteiger charge is -2.16. The van der Waals surface area contributed by atoms with E-state index in [4.69, 9.17) is 88.6 Å². The predicted molar refractivity (Wildman–Crippen MR) is 186 cm³/mol. The number of hydrogen-bond donors (Lipinski definition) is 0. The number of carbonyl (C=O) groups is 4. The summed E-state index contributed by atoms with van der Waals surface area (Å²) in [6.45, 7) is 4.27. The first-order valence-electron chi connectivity index (χ1n) is 15.9. The summed E-state index contributed by atoms with van der Waals surface area (Å²) in [4.78, 5) is 52.1. The molecular formula is C34H36Cl6O8. The van der Waals surface area contributed by atoms with E-state index < -0.39 is 46.5 Å². The van der Waals surface area contributed by atoms with Gasteiger partial charge in [-0.05, 0) is 48.6 Å². The van der Waals surface area contributed by atoms with E-state index in [2.05, 4.69) is 13.8 Å². The third-order valence-corrected chi connectivity index (χ3v) is 10.6. The highest BCUT2D eigenvalue weighted by molar-refractivity contribution is 6.47. The summed E-state index contributed by atoms with van der Waals surface area (Å²) in [5.41, 5.74) is -0.909. The fraction of sp³-hybridized carbons (Fsp3) is 0.529. The Morgan fingerprint density at radius 3 is 1.29 bits per heavy atom. The van der Waals surface area contributed by atoms with Gasteiger partial charge in [-0.3, -0.25) is 0 Å². The van der Waals surface area contributed by atoms with Crippen LogP contribution in [0.1, 0.15) is 98.8 Å². The molecule has 2 aromatic carbocycles. The Labute approximate surface area is 309 Å². The van der Waals surface area contributed by atoms with Gasteiger partial charge in [0.15, 0.2) is 11.5 Å². The maximum Gasteiger partial charge on any atom is 0.423 e. The van der Waals surface area contributed by atoms with Crippen molar-refractivity contribution in [2.24, 2.45) is 23.7 Å². The van der Waals surface area contributed by atoms with Gasteiger partial charge in [0.2, 0.25) is 0 Å². The van der Waals surface area contributed by atoms with Crippen LogP contribution in [0.5, 0.6) is 11.5 Å². The molecule has 2 fully saturated rings. The van der Waals surface area contributed by atoms with E-state index in [1.165, 1.54) is 25.7 Å². The average molecular weight is 785 g/mol. The van der Waals surface area contributed by atoms with Gasteiger partial charge in [0.25, 0.3) is 0 Å². The van der Waals surface area contributed by atoms with Crippen LogP contribution in [-0.4, -0.2) is 37.1 Å². The number of ether oxygens (including phenoxy) is 4. The SMILES string of the molecule is CC(CCOC(=O)c1c(Cl)c(Cl)cc(Cl)c1OC(=O)C(=O)Oc1c(Cl)cc(Cl)c(Cl)c1C(=O)OCCC(C)CCC1CC1)CCC1CC1. The Balaban J connectivity index is 1.43. The minimum atomic E-state index is -1.64. The molecular weight excluding hydrogens is 749 g/mol. The molecule has 2 unspecified atom stereocenters. The number of rotatable bonds is 16. The quantitative estimate of drug-likeness (QED) is 0.0717. The Kier molecular flexibility index (Phi) is 14.4. The van der Waals surface area contributed by atoms with Crippen LogP contribution < -0.4 is 9.47 Å². The van der Waals surface area contributed by atoms with E-state index in [0.717, 1.165) is 49.7 Å². The van der Waals surface area contributed by atoms with Gasteiger partial charge in [-0.1, -0.05) is 135 Å². The van der Waals surface area contributed by atoms with Crippen LogP contribution >= 0.6 is 69.6 Å². The molecule has 0 bridgehead atoms. The van der Waals surface area contributed by atoms with Gasteiger partial charge in [0.1, 0.15) is 11.1 Å². The van der Waals surface area contributed by atoms with E-state index in [1.807, 2.05) is 0 Å². The fourth-order valence-electron chi connectivity index (χ4n) is 4.98. The molecule has 2 saturated carbocycles. The van der Waals surface area contributed by atoms with Crippen LogP contribution in [0.3, 0.4) is 0 Å². The molecule has 2 aliphatic rings. The van der Waals surface area contributed by atoms with Crippen molar-refractivity contribution in [2.75, 3.05) is 13.2 Å². The zero-order valence-corrected chi connectivity index (χ0v) is 31.0. The summed E-state index contributed by atoms with van der Waals surface area (Å²) >= 11 is 37.4. The highest BCUT2D eigenvalue weighted by Crippen LogP contribution is 2.42. The summed E-state index contributed by atoms with van der Waals surface area (Å²) in [6.07, 6.45) is 10.5. The minimum absolute atomic E-state index is 0.0641. The van der Waals surface area contributed by atoms with Crippen LogP contribution in [0.25, 0.3) is 0 Å². The van der Waals surface area contributed by atoms with Gasteiger partial charge in [0, 0.05) is 0 Å². The maximum atomic E-state index is 13.1. The van der Waals surface area contributed by atoms with Crippen molar-refractivity contribution in [3.05, 3.63) is 53.4 Å². The van der Waals surface area contributed by atoms with Gasteiger partial charge in [0.05, 0.1) is 43.3 Å². The molecule has 14 heteroatoms. The van der Waals surface area contributed by atoms with Crippen molar-refractivity contribution in [2.45, 2.75) is 78.1 Å². The third kappa shape index (κ3) is 11.0. The Morgan fingerprint density at radius 2 is 0.958 bits per heavy atom. The molecule has 2 aliphatic carbocycles. The molecule has 4 rings (SSSR count). The topological polar surface area (TPSA) is 105 Å². The minimum Gasteiger partial charge on any atom is -0.462 e. The Morgan fingerprint density at radius 1 is 0.604 bits per heavy atom. The number of hydrogen-bond acceptors (Lipinski definition) is 8. The van der Waals surface area contributed by atoms with E-state index in [1.54, 1.807) is 0 Å². The van der Waals surface area contributed by atoms with Crippen LogP contribution in [0.2, 0.25) is 30.1 Å².